The van der Waals surface area contributed by atoms with Gasteiger partial charge in [-0.2, -0.15) is 0 Å². The summed E-state index contributed by atoms with van der Waals surface area (Å²) in [5.74, 6) is 0. The minimum atomic E-state index is 0.699. The highest BCUT2D eigenvalue weighted by atomic mass is 15.3. The largest absolute Gasteiger partial charge is 0.330 e. The maximum absolute atomic E-state index is 5.54. The first kappa shape index (κ1) is 9.92. The molecule has 1 aliphatic heterocycles. The second kappa shape index (κ2) is 5.48. The Balaban J connectivity index is 2.09. The van der Waals surface area contributed by atoms with Crippen molar-refractivity contribution in [3.63, 3.8) is 0 Å². The quantitative estimate of drug-likeness (QED) is 0.563. The molecular weight excluding hydrogens is 152 g/mol. The number of hydrogen-bond donors (Lipinski definition) is 2. The third kappa shape index (κ3) is 3.06. The van der Waals surface area contributed by atoms with E-state index in [4.69, 9.17) is 11.5 Å². The number of piperazine rings is 1. The molecule has 4 heteroatoms. The molecule has 4 N–H and O–H groups in total. The van der Waals surface area contributed by atoms with E-state index in [1.807, 2.05) is 0 Å². The van der Waals surface area contributed by atoms with Gasteiger partial charge in [-0.15, -0.1) is 0 Å². The summed E-state index contributed by atoms with van der Waals surface area (Å²) in [4.78, 5) is 4.73. The Hall–Kier alpha value is -0.160. The minimum Gasteiger partial charge on any atom is -0.330 e. The summed E-state index contributed by atoms with van der Waals surface area (Å²) in [6.07, 6.45) is 1.11. The molecule has 1 fully saturated rings. The summed E-state index contributed by atoms with van der Waals surface area (Å²) in [5, 5.41) is 0. The number of hydrogen-bond acceptors (Lipinski definition) is 4. The first-order valence-corrected chi connectivity index (χ1v) is 4.71. The third-order valence-electron chi connectivity index (χ3n) is 2.40. The van der Waals surface area contributed by atoms with E-state index in [1.165, 1.54) is 0 Å². The van der Waals surface area contributed by atoms with Crippen molar-refractivity contribution >= 4 is 0 Å². The van der Waals surface area contributed by atoms with Gasteiger partial charge in [0.25, 0.3) is 0 Å². The normalized spacial score (nSPS) is 21.5. The molecule has 4 nitrogen and oxygen atoms in total. The highest BCUT2D eigenvalue weighted by molar-refractivity contribution is 4.70. The van der Waals surface area contributed by atoms with E-state index in [1.54, 1.807) is 0 Å². The van der Waals surface area contributed by atoms with Crippen LogP contribution in [0, 0.1) is 0 Å². The smallest absolute Gasteiger partial charge is 0.0456 e. The van der Waals surface area contributed by atoms with Crippen LogP contribution in [0.2, 0.25) is 0 Å². The number of nitrogens with two attached hydrogens (primary N) is 2. The van der Waals surface area contributed by atoms with Crippen LogP contribution in [0.1, 0.15) is 6.42 Å². The lowest BCUT2D eigenvalue weighted by atomic mass is 10.3. The molecule has 0 aromatic heterocycles. The van der Waals surface area contributed by atoms with Gasteiger partial charge in [-0.05, 0) is 19.5 Å². The topological polar surface area (TPSA) is 58.5 Å². The molecule has 0 aromatic rings. The molecule has 0 radical (unpaired) electrons. The molecule has 0 aliphatic carbocycles. The fourth-order valence-corrected chi connectivity index (χ4v) is 1.51. The Bertz CT molecular complexity index is 110. The summed E-state index contributed by atoms with van der Waals surface area (Å²) in [7, 11) is 0. The van der Waals surface area contributed by atoms with Crippen LogP contribution in [0.15, 0.2) is 0 Å². The van der Waals surface area contributed by atoms with Crippen molar-refractivity contribution in [1.82, 2.24) is 9.80 Å². The molecule has 0 spiro atoms. The molecule has 0 amide bonds. The molecule has 72 valence electrons. The molecule has 1 rings (SSSR count). The van der Waals surface area contributed by atoms with Gasteiger partial charge in [-0.3, -0.25) is 4.90 Å². The van der Waals surface area contributed by atoms with E-state index in [0.717, 1.165) is 45.7 Å². The van der Waals surface area contributed by atoms with Gasteiger partial charge < -0.3 is 16.4 Å². The Morgan fingerprint density at radius 2 is 1.50 bits per heavy atom. The summed E-state index contributed by atoms with van der Waals surface area (Å²) < 4.78 is 0. The number of rotatable bonds is 4. The summed E-state index contributed by atoms with van der Waals surface area (Å²) in [5.41, 5.74) is 11.0. The lowest BCUT2D eigenvalue weighted by Gasteiger charge is -2.33. The van der Waals surface area contributed by atoms with Crippen molar-refractivity contribution in [1.29, 1.82) is 0 Å². The molecule has 0 saturated carbocycles. The van der Waals surface area contributed by atoms with Crippen LogP contribution >= 0.6 is 0 Å². The van der Waals surface area contributed by atoms with E-state index in [9.17, 15) is 0 Å². The van der Waals surface area contributed by atoms with E-state index in [2.05, 4.69) is 9.80 Å². The molecule has 1 saturated heterocycles. The predicted molar refractivity (Wildman–Crippen MR) is 50.7 cm³/mol. The zero-order valence-corrected chi connectivity index (χ0v) is 7.71. The molecule has 0 atom stereocenters. The summed E-state index contributed by atoms with van der Waals surface area (Å²) in [6.45, 7) is 7.17. The van der Waals surface area contributed by atoms with E-state index in [-0.39, 0.29) is 0 Å². The molecular formula is C8H20N4. The van der Waals surface area contributed by atoms with E-state index < -0.39 is 0 Å². The van der Waals surface area contributed by atoms with E-state index >= 15 is 0 Å². The zero-order chi connectivity index (χ0) is 8.81. The maximum atomic E-state index is 5.54. The predicted octanol–water partition coefficient (Wildman–Crippen LogP) is -1.13. The van der Waals surface area contributed by atoms with Gasteiger partial charge in [0.05, 0.1) is 0 Å². The maximum Gasteiger partial charge on any atom is 0.0456 e. The van der Waals surface area contributed by atoms with Crippen molar-refractivity contribution in [3.05, 3.63) is 0 Å². The highest BCUT2D eigenvalue weighted by Gasteiger charge is 2.14. The van der Waals surface area contributed by atoms with Gasteiger partial charge in [0, 0.05) is 32.8 Å². The molecule has 12 heavy (non-hydrogen) atoms. The van der Waals surface area contributed by atoms with Crippen molar-refractivity contribution in [2.24, 2.45) is 11.5 Å². The first-order valence-electron chi connectivity index (χ1n) is 4.71. The summed E-state index contributed by atoms with van der Waals surface area (Å²) in [6, 6.07) is 0. The Labute approximate surface area is 74.5 Å². The van der Waals surface area contributed by atoms with Crippen LogP contribution in [0.3, 0.4) is 0 Å². The molecule has 1 aliphatic rings. The lowest BCUT2D eigenvalue weighted by molar-refractivity contribution is 0.134. The molecule has 0 aromatic carbocycles. The van der Waals surface area contributed by atoms with Gasteiger partial charge in [0.1, 0.15) is 0 Å². The fourth-order valence-electron chi connectivity index (χ4n) is 1.51. The molecule has 1 heterocycles. The second-order valence-electron chi connectivity index (χ2n) is 3.28. The van der Waals surface area contributed by atoms with Gasteiger partial charge >= 0.3 is 0 Å². The summed E-state index contributed by atoms with van der Waals surface area (Å²) >= 11 is 0. The van der Waals surface area contributed by atoms with Crippen LogP contribution in [0.5, 0.6) is 0 Å². The van der Waals surface area contributed by atoms with Gasteiger partial charge in [-0.1, -0.05) is 0 Å². The van der Waals surface area contributed by atoms with Crippen LogP contribution in [0.25, 0.3) is 0 Å². The minimum absolute atomic E-state index is 0.699. The highest BCUT2D eigenvalue weighted by Crippen LogP contribution is 1.99. The average Bonchev–Trinajstić information content (AvgIpc) is 2.15. The monoisotopic (exact) mass is 172 g/mol. The van der Waals surface area contributed by atoms with Crippen LogP contribution in [-0.4, -0.2) is 55.7 Å². The van der Waals surface area contributed by atoms with E-state index in [0.29, 0.717) is 6.67 Å². The Morgan fingerprint density at radius 1 is 0.917 bits per heavy atom. The Kier molecular flexibility index (Phi) is 4.53. The van der Waals surface area contributed by atoms with Gasteiger partial charge in [0.15, 0.2) is 0 Å². The van der Waals surface area contributed by atoms with Gasteiger partial charge in [0.2, 0.25) is 0 Å². The standard InChI is InChI=1S/C8H20N4/c9-2-1-3-11-4-6-12(8-10)7-5-11/h1-10H2. The van der Waals surface area contributed by atoms with Crippen LogP contribution in [-0.2, 0) is 0 Å². The molecule has 0 unspecified atom stereocenters. The average molecular weight is 172 g/mol. The van der Waals surface area contributed by atoms with Crippen molar-refractivity contribution in [2.45, 2.75) is 6.42 Å². The third-order valence-corrected chi connectivity index (χ3v) is 2.40. The van der Waals surface area contributed by atoms with Crippen molar-refractivity contribution in [3.8, 4) is 0 Å². The van der Waals surface area contributed by atoms with Crippen molar-refractivity contribution in [2.75, 3.05) is 45.9 Å². The van der Waals surface area contributed by atoms with Crippen LogP contribution < -0.4 is 11.5 Å². The molecule has 0 bridgehead atoms. The zero-order valence-electron chi connectivity index (χ0n) is 7.71. The number of nitrogens with zero attached hydrogens (tertiary/aromatic N) is 2. The fraction of sp³-hybridized carbons (Fsp3) is 1.00. The van der Waals surface area contributed by atoms with Gasteiger partial charge in [-0.25, -0.2) is 0 Å². The lowest BCUT2D eigenvalue weighted by Crippen LogP contribution is -2.48. The Morgan fingerprint density at radius 3 is 2.00 bits per heavy atom. The second-order valence-corrected chi connectivity index (χ2v) is 3.28. The SMILES string of the molecule is NCCCN1CCN(CN)CC1. The van der Waals surface area contributed by atoms with Crippen molar-refractivity contribution < 1.29 is 0 Å². The van der Waals surface area contributed by atoms with Crippen LogP contribution in [0.4, 0.5) is 0 Å². The first-order chi connectivity index (χ1) is 5.86.